The third kappa shape index (κ3) is 15.8. The number of carbonyl (C=O) groups excluding carboxylic acids is 2. The summed E-state index contributed by atoms with van der Waals surface area (Å²) in [6.07, 6.45) is 8.86. The molecule has 0 aromatic heterocycles. The molecule has 4 nitrogen and oxygen atoms in total. The summed E-state index contributed by atoms with van der Waals surface area (Å²) in [5.41, 5.74) is 0.139. The van der Waals surface area contributed by atoms with Gasteiger partial charge in [0, 0.05) is 12.8 Å². The van der Waals surface area contributed by atoms with Crippen LogP contribution in [-0.2, 0) is 19.1 Å². The van der Waals surface area contributed by atoms with Crippen molar-refractivity contribution in [2.24, 2.45) is 5.41 Å². The molecule has 4 heteroatoms. The molecular formula is C20H38O4. The van der Waals surface area contributed by atoms with Gasteiger partial charge in [0.25, 0.3) is 0 Å². The molecule has 0 aliphatic heterocycles. The topological polar surface area (TPSA) is 52.6 Å². The lowest BCUT2D eigenvalue weighted by molar-refractivity contribution is -0.149. The van der Waals surface area contributed by atoms with E-state index >= 15 is 0 Å². The van der Waals surface area contributed by atoms with Crippen LogP contribution in [0.15, 0.2) is 0 Å². The van der Waals surface area contributed by atoms with E-state index in [4.69, 9.17) is 9.47 Å². The Balaban J connectivity index is 3.58. The molecule has 0 aromatic rings. The molecule has 0 N–H and O–H groups in total. The summed E-state index contributed by atoms with van der Waals surface area (Å²) in [6.45, 7) is 11.0. The van der Waals surface area contributed by atoms with Crippen molar-refractivity contribution in [1.82, 2.24) is 0 Å². The van der Waals surface area contributed by atoms with Crippen LogP contribution in [0.3, 0.4) is 0 Å². The largest absolute Gasteiger partial charge is 0.466 e. The minimum Gasteiger partial charge on any atom is -0.466 e. The Morgan fingerprint density at radius 1 is 0.875 bits per heavy atom. The Morgan fingerprint density at radius 2 is 1.46 bits per heavy atom. The van der Waals surface area contributed by atoms with Gasteiger partial charge in [-0.15, -0.1) is 0 Å². The van der Waals surface area contributed by atoms with E-state index in [2.05, 4.69) is 27.7 Å². The van der Waals surface area contributed by atoms with Crippen molar-refractivity contribution in [3.63, 3.8) is 0 Å². The predicted octanol–water partition coefficient (Wildman–Crippen LogP) is 5.43. The number of rotatable bonds is 13. The summed E-state index contributed by atoms with van der Waals surface area (Å²) in [6, 6.07) is 0. The summed E-state index contributed by atoms with van der Waals surface area (Å²) in [5, 5.41) is 0. The van der Waals surface area contributed by atoms with E-state index in [-0.39, 0.29) is 29.9 Å². The van der Waals surface area contributed by atoms with E-state index < -0.39 is 0 Å². The maximum Gasteiger partial charge on any atom is 0.306 e. The first kappa shape index (κ1) is 22.9. The first-order valence-corrected chi connectivity index (χ1v) is 9.59. The fourth-order valence-electron chi connectivity index (χ4n) is 2.70. The number of carbonyl (C=O) groups is 2. The molecule has 0 aliphatic carbocycles. The van der Waals surface area contributed by atoms with E-state index in [0.717, 1.165) is 19.3 Å². The minimum atomic E-state index is -0.226. The summed E-state index contributed by atoms with van der Waals surface area (Å²) in [5.74, 6) is -0.436. The van der Waals surface area contributed by atoms with Crippen molar-refractivity contribution >= 4 is 11.9 Å². The second kappa shape index (κ2) is 13.3. The second-order valence-corrected chi connectivity index (χ2v) is 7.91. The Labute approximate surface area is 148 Å². The zero-order valence-corrected chi connectivity index (χ0v) is 16.5. The average molecular weight is 343 g/mol. The van der Waals surface area contributed by atoms with Crippen molar-refractivity contribution in [3.8, 4) is 0 Å². The molecule has 0 saturated carbocycles. The van der Waals surface area contributed by atoms with Gasteiger partial charge >= 0.3 is 11.9 Å². The first-order chi connectivity index (χ1) is 11.2. The second-order valence-electron chi connectivity index (χ2n) is 7.91. The van der Waals surface area contributed by atoms with Gasteiger partial charge in [-0.1, -0.05) is 59.8 Å². The van der Waals surface area contributed by atoms with Crippen LogP contribution in [0.25, 0.3) is 0 Å². The lowest BCUT2D eigenvalue weighted by Crippen LogP contribution is -2.21. The molecule has 0 saturated heterocycles. The van der Waals surface area contributed by atoms with Crippen LogP contribution in [0.4, 0.5) is 0 Å². The van der Waals surface area contributed by atoms with Crippen molar-refractivity contribution in [3.05, 3.63) is 0 Å². The molecule has 1 atom stereocenters. The summed E-state index contributed by atoms with van der Waals surface area (Å²) < 4.78 is 10.5. The van der Waals surface area contributed by atoms with E-state index in [0.29, 0.717) is 19.4 Å². The number of esters is 2. The van der Waals surface area contributed by atoms with Crippen LogP contribution in [0.2, 0.25) is 0 Å². The molecule has 0 amide bonds. The van der Waals surface area contributed by atoms with Crippen molar-refractivity contribution in [2.75, 3.05) is 6.61 Å². The monoisotopic (exact) mass is 342 g/mol. The summed E-state index contributed by atoms with van der Waals surface area (Å²) in [4.78, 5) is 23.3. The van der Waals surface area contributed by atoms with Gasteiger partial charge in [-0.3, -0.25) is 9.59 Å². The number of unbranched alkanes of at least 4 members (excludes halogenated alkanes) is 5. The molecule has 0 rings (SSSR count). The van der Waals surface area contributed by atoms with Gasteiger partial charge in [-0.25, -0.2) is 0 Å². The standard InChI is InChI=1S/C20H38O4/c1-6-7-8-9-10-11-15-23-18(21)13-12-14-19(22)24-17(2)16-20(3,4)5/h17H,6-16H2,1-5H3. The van der Waals surface area contributed by atoms with Crippen LogP contribution in [-0.4, -0.2) is 24.6 Å². The summed E-state index contributed by atoms with van der Waals surface area (Å²) in [7, 11) is 0. The number of hydrogen-bond donors (Lipinski definition) is 0. The molecule has 1 unspecified atom stereocenters. The minimum absolute atomic E-state index is 0.0860. The molecule has 0 bridgehead atoms. The highest BCUT2D eigenvalue weighted by Gasteiger charge is 2.18. The average Bonchev–Trinajstić information content (AvgIpc) is 2.44. The molecule has 0 heterocycles. The molecule has 0 radical (unpaired) electrons. The summed E-state index contributed by atoms with van der Waals surface area (Å²) >= 11 is 0. The molecule has 0 fully saturated rings. The smallest absolute Gasteiger partial charge is 0.306 e. The molecule has 0 spiro atoms. The van der Waals surface area contributed by atoms with Gasteiger partial charge in [0.15, 0.2) is 0 Å². The van der Waals surface area contributed by atoms with Gasteiger partial charge in [-0.05, 0) is 31.6 Å². The third-order valence-electron chi connectivity index (χ3n) is 3.76. The Kier molecular flexibility index (Phi) is 12.7. The van der Waals surface area contributed by atoms with Crippen LogP contribution in [0.1, 0.15) is 98.8 Å². The van der Waals surface area contributed by atoms with Crippen LogP contribution >= 0.6 is 0 Å². The third-order valence-corrected chi connectivity index (χ3v) is 3.76. The highest BCUT2D eigenvalue weighted by molar-refractivity contribution is 5.72. The van der Waals surface area contributed by atoms with Gasteiger partial charge in [-0.2, -0.15) is 0 Å². The lowest BCUT2D eigenvalue weighted by atomic mass is 9.90. The molecule has 0 aliphatic rings. The Morgan fingerprint density at radius 3 is 2.08 bits per heavy atom. The highest BCUT2D eigenvalue weighted by Crippen LogP contribution is 2.22. The Bertz CT molecular complexity index is 344. The molecular weight excluding hydrogens is 304 g/mol. The number of hydrogen-bond acceptors (Lipinski definition) is 4. The molecule has 0 aromatic carbocycles. The van der Waals surface area contributed by atoms with Gasteiger partial charge in [0.2, 0.25) is 0 Å². The predicted molar refractivity (Wildman–Crippen MR) is 97.8 cm³/mol. The van der Waals surface area contributed by atoms with Gasteiger partial charge in [0.05, 0.1) is 12.7 Å². The first-order valence-electron chi connectivity index (χ1n) is 9.59. The molecule has 24 heavy (non-hydrogen) atoms. The van der Waals surface area contributed by atoms with E-state index in [1.807, 2.05) is 6.92 Å². The fourth-order valence-corrected chi connectivity index (χ4v) is 2.70. The quantitative estimate of drug-likeness (QED) is 0.331. The van der Waals surface area contributed by atoms with E-state index in [9.17, 15) is 9.59 Å². The van der Waals surface area contributed by atoms with Crippen molar-refractivity contribution in [2.45, 2.75) is 105 Å². The number of ether oxygens (including phenoxy) is 2. The SMILES string of the molecule is CCCCCCCCOC(=O)CCCC(=O)OC(C)CC(C)(C)C. The maximum absolute atomic E-state index is 11.7. The van der Waals surface area contributed by atoms with E-state index in [1.54, 1.807) is 0 Å². The fraction of sp³-hybridized carbons (Fsp3) is 0.900. The van der Waals surface area contributed by atoms with Crippen LogP contribution in [0.5, 0.6) is 0 Å². The Hall–Kier alpha value is -1.06. The molecule has 142 valence electrons. The van der Waals surface area contributed by atoms with Crippen LogP contribution < -0.4 is 0 Å². The van der Waals surface area contributed by atoms with Gasteiger partial charge in [0.1, 0.15) is 0 Å². The van der Waals surface area contributed by atoms with Crippen LogP contribution in [0, 0.1) is 5.41 Å². The lowest BCUT2D eigenvalue weighted by Gasteiger charge is -2.23. The van der Waals surface area contributed by atoms with E-state index in [1.165, 1.54) is 25.7 Å². The van der Waals surface area contributed by atoms with Crippen molar-refractivity contribution < 1.29 is 19.1 Å². The zero-order valence-electron chi connectivity index (χ0n) is 16.5. The van der Waals surface area contributed by atoms with Crippen molar-refractivity contribution in [1.29, 1.82) is 0 Å². The van der Waals surface area contributed by atoms with Gasteiger partial charge < -0.3 is 9.47 Å². The highest BCUT2D eigenvalue weighted by atomic mass is 16.5. The normalized spacial score (nSPS) is 12.7. The zero-order chi connectivity index (χ0) is 18.4. The maximum atomic E-state index is 11.7.